The monoisotopic (exact) mass is 508 g/mol. The van der Waals surface area contributed by atoms with E-state index in [4.69, 9.17) is 4.74 Å². The number of hydrogen-bond donors (Lipinski definition) is 1. The molecule has 6 heteroatoms. The van der Waals surface area contributed by atoms with Crippen LogP contribution in [-0.4, -0.2) is 27.0 Å². The number of benzene rings is 4. The number of hydrogen-bond acceptors (Lipinski definition) is 5. The summed E-state index contributed by atoms with van der Waals surface area (Å²) >= 11 is 0. The Bertz CT molecular complexity index is 1370. The minimum absolute atomic E-state index is 0.147. The van der Waals surface area contributed by atoms with Crippen LogP contribution in [0.3, 0.4) is 0 Å². The lowest BCUT2D eigenvalue weighted by molar-refractivity contribution is -0.386. The molecule has 1 N–H and O–H groups in total. The van der Waals surface area contributed by atoms with Gasteiger partial charge in [0, 0.05) is 24.7 Å². The summed E-state index contributed by atoms with van der Waals surface area (Å²) in [6, 6.07) is 33.0. The summed E-state index contributed by atoms with van der Waals surface area (Å²) in [6.45, 7) is 3.49. The highest BCUT2D eigenvalue weighted by Gasteiger charge is 2.39. The summed E-state index contributed by atoms with van der Waals surface area (Å²) < 4.78 is 5.78. The molecule has 0 aromatic heterocycles. The van der Waals surface area contributed by atoms with Gasteiger partial charge in [0.25, 0.3) is 0 Å². The summed E-state index contributed by atoms with van der Waals surface area (Å²) in [4.78, 5) is 13.8. The van der Waals surface area contributed by atoms with Crippen molar-refractivity contribution in [2.45, 2.75) is 44.6 Å². The molecule has 1 aliphatic carbocycles. The highest BCUT2D eigenvalue weighted by Crippen LogP contribution is 2.37. The first-order valence-corrected chi connectivity index (χ1v) is 12.9. The summed E-state index contributed by atoms with van der Waals surface area (Å²) in [5.74, 6) is 0.189. The molecule has 0 radical (unpaired) electrons. The predicted molar refractivity (Wildman–Crippen MR) is 148 cm³/mol. The normalized spacial score (nSPS) is 14.7. The number of rotatable bonds is 10. The molecular formula is C32H32N2O4. The highest BCUT2D eigenvalue weighted by molar-refractivity contribution is 5.49. The number of β-amino-alcohol motifs (C(OH)–C–C–N with tert-alkyl or cyclic N) is 1. The summed E-state index contributed by atoms with van der Waals surface area (Å²) in [5.41, 5.74) is 4.91. The van der Waals surface area contributed by atoms with E-state index in [9.17, 15) is 15.2 Å². The fraction of sp³-hybridized carbons (Fsp3) is 0.250. The average Bonchev–Trinajstić information content (AvgIpc) is 3.30. The third kappa shape index (κ3) is 5.77. The van der Waals surface area contributed by atoms with Gasteiger partial charge in [-0.25, -0.2) is 0 Å². The molecule has 0 amide bonds. The Hall–Kier alpha value is -4.00. The van der Waals surface area contributed by atoms with Gasteiger partial charge in [0.1, 0.15) is 6.61 Å². The van der Waals surface area contributed by atoms with E-state index in [1.54, 1.807) is 12.1 Å². The van der Waals surface area contributed by atoms with Gasteiger partial charge in [-0.1, -0.05) is 91.0 Å². The molecule has 5 rings (SSSR count). The van der Waals surface area contributed by atoms with Crippen molar-refractivity contribution in [1.29, 1.82) is 0 Å². The van der Waals surface area contributed by atoms with Crippen molar-refractivity contribution in [3.8, 4) is 5.75 Å². The van der Waals surface area contributed by atoms with Crippen LogP contribution in [-0.2, 0) is 26.0 Å². The molecule has 0 fully saturated rings. The van der Waals surface area contributed by atoms with Gasteiger partial charge in [-0.3, -0.25) is 15.0 Å². The zero-order chi connectivity index (χ0) is 26.5. The lowest BCUT2D eigenvalue weighted by Crippen LogP contribution is -2.48. The van der Waals surface area contributed by atoms with Crippen LogP contribution in [0.25, 0.3) is 0 Å². The lowest BCUT2D eigenvalue weighted by atomic mass is 9.93. The van der Waals surface area contributed by atoms with Gasteiger partial charge >= 0.3 is 5.69 Å². The smallest absolute Gasteiger partial charge is 0.311 e. The standard InChI is InChI=1S/C32H32N2O4/c1-32(19-27-14-8-9-15-28(27)20-32)33(21-24-10-4-2-5-11-24)22-30(35)26-16-17-31(29(18-26)34(36)37)38-23-25-12-6-3-7-13-25/h2-18,30,35H,19-23H2,1H3/t30-/m0/s1. The summed E-state index contributed by atoms with van der Waals surface area (Å²) in [6.07, 6.45) is 0.866. The number of ether oxygens (including phenoxy) is 1. The first kappa shape index (κ1) is 25.6. The third-order valence-corrected chi connectivity index (χ3v) is 7.44. The minimum atomic E-state index is -0.902. The van der Waals surface area contributed by atoms with Crippen LogP contribution >= 0.6 is 0 Å². The number of aliphatic hydroxyl groups is 1. The second kappa shape index (κ2) is 11.2. The van der Waals surface area contributed by atoms with Gasteiger partial charge in [-0.05, 0) is 53.6 Å². The van der Waals surface area contributed by atoms with Crippen LogP contribution in [0.4, 0.5) is 5.69 Å². The van der Waals surface area contributed by atoms with Crippen LogP contribution in [0.1, 0.15) is 40.8 Å². The molecule has 38 heavy (non-hydrogen) atoms. The fourth-order valence-corrected chi connectivity index (χ4v) is 5.34. The van der Waals surface area contributed by atoms with E-state index >= 15 is 0 Å². The van der Waals surface area contributed by atoms with Crippen LogP contribution in [0.15, 0.2) is 103 Å². The van der Waals surface area contributed by atoms with Crippen molar-refractivity contribution in [2.24, 2.45) is 0 Å². The number of nitrogens with zero attached hydrogens (tertiary/aromatic N) is 2. The highest BCUT2D eigenvalue weighted by atomic mass is 16.6. The number of nitro groups is 1. The Balaban J connectivity index is 1.37. The molecule has 0 unspecified atom stereocenters. The van der Waals surface area contributed by atoms with E-state index in [-0.39, 0.29) is 23.6 Å². The molecular weight excluding hydrogens is 476 g/mol. The molecule has 1 aliphatic rings. The SMILES string of the molecule is CC1(N(Cc2ccccc2)C[C@H](O)c2ccc(OCc3ccccc3)c([N+](=O)[O-])c2)Cc2ccccc2C1. The van der Waals surface area contributed by atoms with Crippen molar-refractivity contribution in [2.75, 3.05) is 6.54 Å². The van der Waals surface area contributed by atoms with Gasteiger partial charge in [0.05, 0.1) is 11.0 Å². The Morgan fingerprint density at radius 3 is 2.08 bits per heavy atom. The molecule has 0 aliphatic heterocycles. The maximum Gasteiger partial charge on any atom is 0.311 e. The molecule has 0 saturated heterocycles. The second-order valence-corrected chi connectivity index (χ2v) is 10.3. The van der Waals surface area contributed by atoms with Crippen molar-refractivity contribution in [3.63, 3.8) is 0 Å². The topological polar surface area (TPSA) is 75.8 Å². The van der Waals surface area contributed by atoms with Crippen LogP contribution in [0.2, 0.25) is 0 Å². The van der Waals surface area contributed by atoms with Gasteiger partial charge in [-0.2, -0.15) is 0 Å². The van der Waals surface area contributed by atoms with E-state index in [0.717, 1.165) is 24.0 Å². The Kier molecular flexibility index (Phi) is 7.54. The first-order chi connectivity index (χ1) is 18.4. The van der Waals surface area contributed by atoms with Crippen LogP contribution in [0.5, 0.6) is 5.75 Å². The zero-order valence-electron chi connectivity index (χ0n) is 21.5. The maximum absolute atomic E-state index is 11.9. The van der Waals surface area contributed by atoms with Gasteiger partial charge in [0.15, 0.2) is 5.75 Å². The number of nitro benzene ring substituents is 1. The van der Waals surface area contributed by atoms with E-state index in [0.29, 0.717) is 18.7 Å². The molecule has 1 atom stereocenters. The first-order valence-electron chi connectivity index (χ1n) is 12.9. The Morgan fingerprint density at radius 1 is 0.895 bits per heavy atom. The van der Waals surface area contributed by atoms with Crippen molar-refractivity contribution >= 4 is 5.69 Å². The number of aliphatic hydroxyl groups excluding tert-OH is 1. The second-order valence-electron chi connectivity index (χ2n) is 10.3. The van der Waals surface area contributed by atoms with Gasteiger partial charge < -0.3 is 9.84 Å². The molecule has 194 valence electrons. The van der Waals surface area contributed by atoms with Crippen molar-refractivity contribution in [3.05, 3.63) is 141 Å². The summed E-state index contributed by atoms with van der Waals surface area (Å²) in [7, 11) is 0. The van der Waals surface area contributed by atoms with E-state index in [1.165, 1.54) is 17.2 Å². The van der Waals surface area contributed by atoms with Crippen LogP contribution in [0, 0.1) is 10.1 Å². The molecule has 4 aromatic rings. The average molecular weight is 509 g/mol. The lowest BCUT2D eigenvalue weighted by Gasteiger charge is -2.40. The van der Waals surface area contributed by atoms with Gasteiger partial charge in [-0.15, -0.1) is 0 Å². The Morgan fingerprint density at radius 2 is 1.47 bits per heavy atom. The largest absolute Gasteiger partial charge is 0.482 e. The third-order valence-electron chi connectivity index (χ3n) is 7.44. The van der Waals surface area contributed by atoms with E-state index in [2.05, 4.69) is 48.2 Å². The van der Waals surface area contributed by atoms with E-state index < -0.39 is 11.0 Å². The van der Waals surface area contributed by atoms with Gasteiger partial charge in [0.2, 0.25) is 0 Å². The quantitative estimate of drug-likeness (QED) is 0.202. The zero-order valence-corrected chi connectivity index (χ0v) is 21.5. The molecule has 0 heterocycles. The molecule has 6 nitrogen and oxygen atoms in total. The number of fused-ring (bicyclic) bond motifs is 1. The molecule has 0 saturated carbocycles. The minimum Gasteiger partial charge on any atom is -0.482 e. The Labute approximate surface area is 223 Å². The maximum atomic E-state index is 11.9. The fourth-order valence-electron chi connectivity index (χ4n) is 5.34. The van der Waals surface area contributed by atoms with Crippen molar-refractivity contribution in [1.82, 2.24) is 4.90 Å². The van der Waals surface area contributed by atoms with Crippen LogP contribution < -0.4 is 4.74 Å². The van der Waals surface area contributed by atoms with Crippen molar-refractivity contribution < 1.29 is 14.8 Å². The molecule has 0 spiro atoms. The van der Waals surface area contributed by atoms with E-state index in [1.807, 2.05) is 48.5 Å². The molecule has 4 aromatic carbocycles. The molecule has 0 bridgehead atoms. The predicted octanol–water partition coefficient (Wildman–Crippen LogP) is 6.27. The summed E-state index contributed by atoms with van der Waals surface area (Å²) in [5, 5.41) is 23.3.